The summed E-state index contributed by atoms with van der Waals surface area (Å²) in [6.45, 7) is 5.10. The summed E-state index contributed by atoms with van der Waals surface area (Å²) in [5.41, 5.74) is 0.473. The van der Waals surface area contributed by atoms with E-state index < -0.39 is 0 Å². The second-order valence-corrected chi connectivity index (χ2v) is 6.83. The molecule has 1 N–H and O–H groups in total. The summed E-state index contributed by atoms with van der Waals surface area (Å²) >= 11 is 1.43. The van der Waals surface area contributed by atoms with E-state index in [0.717, 1.165) is 35.9 Å². The van der Waals surface area contributed by atoms with E-state index in [1.807, 2.05) is 19.1 Å². The maximum atomic E-state index is 12.3. The number of rotatable bonds is 3. The van der Waals surface area contributed by atoms with Crippen LogP contribution in [0.15, 0.2) is 21.9 Å². The van der Waals surface area contributed by atoms with Crippen LogP contribution in [0.3, 0.4) is 0 Å². The Kier molecular flexibility index (Phi) is 4.31. The van der Waals surface area contributed by atoms with Gasteiger partial charge >= 0.3 is 0 Å². The molecule has 3 rings (SSSR count). The van der Waals surface area contributed by atoms with Gasteiger partial charge in [0.1, 0.15) is 11.5 Å². The van der Waals surface area contributed by atoms with Crippen molar-refractivity contribution in [3.63, 3.8) is 0 Å². The molecule has 0 saturated carbocycles. The average molecular weight is 319 g/mol. The van der Waals surface area contributed by atoms with Crippen LogP contribution in [0.1, 0.15) is 36.0 Å². The Balaban J connectivity index is 1.65. The van der Waals surface area contributed by atoms with Crippen LogP contribution in [-0.4, -0.2) is 41.5 Å². The van der Waals surface area contributed by atoms with Crippen molar-refractivity contribution in [2.24, 2.45) is 0 Å². The summed E-state index contributed by atoms with van der Waals surface area (Å²) in [4.78, 5) is 19.1. The third kappa shape index (κ3) is 3.23. The van der Waals surface area contributed by atoms with Gasteiger partial charge in [-0.1, -0.05) is 0 Å². The van der Waals surface area contributed by atoms with Gasteiger partial charge in [-0.05, 0) is 45.9 Å². The molecule has 1 amide bonds. The van der Waals surface area contributed by atoms with Crippen molar-refractivity contribution in [3.8, 4) is 10.8 Å². The molecule has 1 fully saturated rings. The molecule has 2 unspecified atom stereocenters. The Bertz CT molecular complexity index is 664. The zero-order chi connectivity index (χ0) is 15.7. The maximum Gasteiger partial charge on any atom is 0.270 e. The third-order valence-corrected chi connectivity index (χ3v) is 5.09. The molecule has 0 aliphatic carbocycles. The van der Waals surface area contributed by atoms with Gasteiger partial charge in [-0.2, -0.15) is 0 Å². The summed E-state index contributed by atoms with van der Waals surface area (Å²) in [6, 6.07) is 4.51. The highest BCUT2D eigenvalue weighted by molar-refractivity contribution is 7.13. The van der Waals surface area contributed by atoms with Crippen LogP contribution in [0, 0.1) is 6.92 Å². The normalized spacial score (nSPS) is 22.7. The minimum Gasteiger partial charge on any atom is -0.459 e. The van der Waals surface area contributed by atoms with Gasteiger partial charge in [0.05, 0.1) is 0 Å². The van der Waals surface area contributed by atoms with Crippen molar-refractivity contribution < 1.29 is 9.21 Å². The molecule has 1 saturated heterocycles. The summed E-state index contributed by atoms with van der Waals surface area (Å²) in [5.74, 6) is 1.47. The lowest BCUT2D eigenvalue weighted by Gasteiger charge is -2.35. The number of hydrogen-bond donors (Lipinski definition) is 1. The largest absolute Gasteiger partial charge is 0.459 e. The number of amides is 1. The molecule has 2 aromatic rings. The number of nitrogens with zero attached hydrogens (tertiary/aromatic N) is 2. The van der Waals surface area contributed by atoms with Crippen molar-refractivity contribution in [2.45, 2.75) is 38.8 Å². The van der Waals surface area contributed by atoms with Gasteiger partial charge in [-0.15, -0.1) is 11.3 Å². The highest BCUT2D eigenvalue weighted by Gasteiger charge is 2.25. The number of hydrogen-bond acceptors (Lipinski definition) is 5. The smallest absolute Gasteiger partial charge is 0.270 e. The fourth-order valence-electron chi connectivity index (χ4n) is 2.72. The van der Waals surface area contributed by atoms with Gasteiger partial charge in [0.2, 0.25) is 0 Å². The zero-order valence-corrected chi connectivity index (χ0v) is 13.9. The summed E-state index contributed by atoms with van der Waals surface area (Å²) in [5, 5.41) is 5.64. The number of thiazole rings is 1. The monoisotopic (exact) mass is 319 g/mol. The summed E-state index contributed by atoms with van der Waals surface area (Å²) < 4.78 is 5.55. The first-order valence-corrected chi connectivity index (χ1v) is 8.44. The fourth-order valence-corrected chi connectivity index (χ4v) is 3.48. The summed E-state index contributed by atoms with van der Waals surface area (Å²) in [6.07, 6.45) is 1.97. The van der Waals surface area contributed by atoms with E-state index in [2.05, 4.69) is 29.2 Å². The second kappa shape index (κ2) is 6.22. The van der Waals surface area contributed by atoms with Gasteiger partial charge in [-0.25, -0.2) is 4.98 Å². The van der Waals surface area contributed by atoms with E-state index in [0.29, 0.717) is 11.7 Å². The number of carbonyl (C=O) groups is 1. The third-order valence-electron chi connectivity index (χ3n) is 4.23. The zero-order valence-electron chi connectivity index (χ0n) is 13.1. The number of nitrogens with one attached hydrogen (secondary N) is 1. The van der Waals surface area contributed by atoms with Crippen LogP contribution >= 0.6 is 11.3 Å². The number of furan rings is 1. The van der Waals surface area contributed by atoms with Crippen LogP contribution in [0.25, 0.3) is 10.8 Å². The van der Waals surface area contributed by atoms with Crippen molar-refractivity contribution in [1.82, 2.24) is 15.2 Å². The molecule has 0 spiro atoms. The molecular weight excluding hydrogens is 298 g/mol. The molecule has 5 nitrogen and oxygen atoms in total. The maximum absolute atomic E-state index is 12.3. The minimum atomic E-state index is -0.0902. The second-order valence-electron chi connectivity index (χ2n) is 5.97. The highest BCUT2D eigenvalue weighted by atomic mass is 32.1. The van der Waals surface area contributed by atoms with Crippen molar-refractivity contribution in [2.75, 3.05) is 13.6 Å². The van der Waals surface area contributed by atoms with Gasteiger partial charge in [0.15, 0.2) is 10.8 Å². The molecule has 3 heterocycles. The average Bonchev–Trinajstić information content (AvgIpc) is 3.11. The molecule has 2 aromatic heterocycles. The van der Waals surface area contributed by atoms with Gasteiger partial charge in [-0.3, -0.25) is 4.79 Å². The molecule has 1 aliphatic heterocycles. The number of piperidine rings is 1. The van der Waals surface area contributed by atoms with Gasteiger partial charge in [0.25, 0.3) is 5.91 Å². The molecular formula is C16H21N3O2S. The Labute approximate surface area is 134 Å². The number of aromatic nitrogens is 1. The van der Waals surface area contributed by atoms with E-state index in [4.69, 9.17) is 4.42 Å². The molecule has 0 aromatic carbocycles. The molecule has 118 valence electrons. The topological polar surface area (TPSA) is 58.4 Å². The first-order chi connectivity index (χ1) is 10.5. The van der Waals surface area contributed by atoms with Crippen LogP contribution in [0.2, 0.25) is 0 Å². The van der Waals surface area contributed by atoms with E-state index in [-0.39, 0.29) is 11.9 Å². The lowest BCUT2D eigenvalue weighted by atomic mass is 9.99. The minimum absolute atomic E-state index is 0.0902. The predicted molar refractivity (Wildman–Crippen MR) is 87.1 cm³/mol. The lowest BCUT2D eigenvalue weighted by Crippen LogP contribution is -2.47. The van der Waals surface area contributed by atoms with E-state index >= 15 is 0 Å². The Hall–Kier alpha value is -1.66. The van der Waals surface area contributed by atoms with E-state index in [9.17, 15) is 4.79 Å². The first-order valence-electron chi connectivity index (χ1n) is 7.56. The van der Waals surface area contributed by atoms with Crippen molar-refractivity contribution in [1.29, 1.82) is 0 Å². The predicted octanol–water partition coefficient (Wildman–Crippen LogP) is 2.92. The fraction of sp³-hybridized carbons (Fsp3) is 0.500. The number of aryl methyl sites for hydroxylation is 1. The highest BCUT2D eigenvalue weighted by Crippen LogP contribution is 2.25. The Morgan fingerprint density at radius 3 is 3.00 bits per heavy atom. The van der Waals surface area contributed by atoms with Crippen molar-refractivity contribution >= 4 is 17.2 Å². The molecule has 0 radical (unpaired) electrons. The SMILES string of the molecule is Cc1ccc(-c2nc(C(=O)NC3CCN(C)C(C)C3)cs2)o1. The number of carbonyl (C=O) groups excluding carboxylic acids is 1. The number of likely N-dealkylation sites (tertiary alicyclic amines) is 1. The molecule has 6 heteroatoms. The quantitative estimate of drug-likeness (QED) is 0.945. The van der Waals surface area contributed by atoms with Crippen molar-refractivity contribution in [3.05, 3.63) is 29.0 Å². The first kappa shape index (κ1) is 15.2. The Morgan fingerprint density at radius 1 is 1.50 bits per heavy atom. The van der Waals surface area contributed by atoms with Gasteiger partial charge in [0, 0.05) is 24.0 Å². The molecule has 0 bridgehead atoms. The summed E-state index contributed by atoms with van der Waals surface area (Å²) in [7, 11) is 2.13. The van der Waals surface area contributed by atoms with E-state index in [1.165, 1.54) is 11.3 Å². The van der Waals surface area contributed by atoms with E-state index in [1.54, 1.807) is 5.38 Å². The van der Waals surface area contributed by atoms with Crippen LogP contribution < -0.4 is 5.32 Å². The van der Waals surface area contributed by atoms with Crippen LogP contribution in [-0.2, 0) is 0 Å². The molecule has 1 aliphatic rings. The molecule has 22 heavy (non-hydrogen) atoms. The van der Waals surface area contributed by atoms with Gasteiger partial charge < -0.3 is 14.6 Å². The Morgan fingerprint density at radius 2 is 2.32 bits per heavy atom. The van der Waals surface area contributed by atoms with Crippen LogP contribution in [0.5, 0.6) is 0 Å². The van der Waals surface area contributed by atoms with Crippen LogP contribution in [0.4, 0.5) is 0 Å². The lowest BCUT2D eigenvalue weighted by molar-refractivity contribution is 0.0892. The molecule has 2 atom stereocenters. The standard InChI is InChI=1S/C16H21N3O2S/c1-10-8-12(6-7-19(10)3)17-15(20)13-9-22-16(18-13)14-5-4-11(2)21-14/h4-5,9-10,12H,6-8H2,1-3H3,(H,17,20).